The van der Waals surface area contributed by atoms with Crippen molar-refractivity contribution in [1.82, 2.24) is 5.43 Å². The van der Waals surface area contributed by atoms with E-state index < -0.39 is 0 Å². The maximum absolute atomic E-state index is 11.6. The lowest BCUT2D eigenvalue weighted by molar-refractivity contribution is -0.120. The summed E-state index contributed by atoms with van der Waals surface area (Å²) in [6, 6.07) is 9.47. The Morgan fingerprint density at radius 1 is 1.44 bits per heavy atom. The van der Waals surface area contributed by atoms with Gasteiger partial charge < -0.3 is 5.11 Å². The van der Waals surface area contributed by atoms with Crippen molar-refractivity contribution >= 4 is 17.7 Å². The third-order valence-corrected chi connectivity index (χ3v) is 3.41. The molecule has 16 heavy (non-hydrogen) atoms. The highest BCUT2D eigenvalue weighted by molar-refractivity contribution is 8.00. The molecular formula is C11H16N2O2S. The quantitative estimate of drug-likeness (QED) is 0.298. The molecule has 5 heteroatoms. The topological polar surface area (TPSA) is 75.3 Å². The molecule has 0 aliphatic heterocycles. The average Bonchev–Trinajstić information content (AvgIpc) is 2.35. The number of aliphatic hydroxyl groups excluding tert-OH is 1. The number of carbonyl (C=O) groups is 1. The lowest BCUT2D eigenvalue weighted by Gasteiger charge is -2.14. The Bertz CT molecular complexity index is 319. The number of nitrogens with one attached hydrogen (secondary N) is 1. The Morgan fingerprint density at radius 2 is 2.12 bits per heavy atom. The molecular weight excluding hydrogens is 224 g/mol. The molecule has 1 unspecified atom stereocenters. The van der Waals surface area contributed by atoms with Gasteiger partial charge in [0, 0.05) is 6.61 Å². The number of thioether (sulfide) groups is 1. The minimum atomic E-state index is -0.308. The first-order valence-corrected chi connectivity index (χ1v) is 6.12. The molecule has 0 aliphatic rings. The lowest BCUT2D eigenvalue weighted by atomic mass is 10.1. The van der Waals surface area contributed by atoms with Crippen LogP contribution in [0.2, 0.25) is 0 Å². The Kier molecular flexibility index (Phi) is 5.92. The van der Waals surface area contributed by atoms with E-state index in [4.69, 9.17) is 10.9 Å². The first kappa shape index (κ1) is 13.0. The summed E-state index contributed by atoms with van der Waals surface area (Å²) in [7, 11) is 0. The molecule has 0 aliphatic carbocycles. The van der Waals surface area contributed by atoms with Crippen molar-refractivity contribution < 1.29 is 9.90 Å². The summed E-state index contributed by atoms with van der Waals surface area (Å²) in [6.45, 7) is 0.138. The van der Waals surface area contributed by atoms with Crippen LogP contribution in [0.3, 0.4) is 0 Å². The van der Waals surface area contributed by atoms with Crippen molar-refractivity contribution in [2.45, 2.75) is 11.7 Å². The van der Waals surface area contributed by atoms with E-state index in [1.165, 1.54) is 11.8 Å². The summed E-state index contributed by atoms with van der Waals surface area (Å²) < 4.78 is 0. The number of amides is 1. The summed E-state index contributed by atoms with van der Waals surface area (Å²) in [5.74, 6) is 5.66. The monoisotopic (exact) mass is 240 g/mol. The van der Waals surface area contributed by atoms with Crippen molar-refractivity contribution in [2.24, 2.45) is 5.84 Å². The van der Waals surface area contributed by atoms with E-state index in [0.717, 1.165) is 11.3 Å². The Labute approximate surface area is 99.2 Å². The second kappa shape index (κ2) is 7.27. The maximum Gasteiger partial charge on any atom is 0.251 e. The summed E-state index contributed by atoms with van der Waals surface area (Å²) in [5, 5.41) is 8.40. The summed E-state index contributed by atoms with van der Waals surface area (Å²) in [5.41, 5.74) is 3.09. The van der Waals surface area contributed by atoms with Crippen LogP contribution >= 0.6 is 11.8 Å². The van der Waals surface area contributed by atoms with Crippen LogP contribution in [0.5, 0.6) is 0 Å². The van der Waals surface area contributed by atoms with E-state index in [1.807, 2.05) is 30.3 Å². The van der Waals surface area contributed by atoms with Gasteiger partial charge in [-0.25, -0.2) is 5.84 Å². The zero-order chi connectivity index (χ0) is 11.8. The maximum atomic E-state index is 11.6. The lowest BCUT2D eigenvalue weighted by Crippen LogP contribution is -2.33. The van der Waals surface area contributed by atoms with Crippen molar-refractivity contribution in [1.29, 1.82) is 0 Å². The predicted octanol–water partition coefficient (Wildman–Crippen LogP) is 0.833. The fourth-order valence-electron chi connectivity index (χ4n) is 1.29. The highest BCUT2D eigenvalue weighted by Gasteiger charge is 2.19. The fourth-order valence-corrected chi connectivity index (χ4v) is 2.39. The van der Waals surface area contributed by atoms with Crippen LogP contribution in [0, 0.1) is 0 Å². The number of hydrazine groups is 1. The minimum absolute atomic E-state index is 0.138. The van der Waals surface area contributed by atoms with Crippen molar-refractivity contribution in [3.63, 3.8) is 0 Å². The fraction of sp³-hybridized carbons (Fsp3) is 0.364. The van der Waals surface area contributed by atoms with Crippen LogP contribution in [0.4, 0.5) is 0 Å². The predicted molar refractivity (Wildman–Crippen MR) is 65.7 cm³/mol. The summed E-state index contributed by atoms with van der Waals surface area (Å²) in [4.78, 5) is 11.6. The van der Waals surface area contributed by atoms with Gasteiger partial charge in [-0.2, -0.15) is 0 Å². The minimum Gasteiger partial charge on any atom is -0.396 e. The molecule has 0 aromatic heterocycles. The number of aliphatic hydroxyl groups is 1. The molecule has 0 saturated carbocycles. The molecule has 0 bridgehead atoms. The number of nitrogens with two attached hydrogens (primary N) is 1. The molecule has 0 heterocycles. The Hall–Kier alpha value is -1.04. The molecule has 1 amide bonds. The summed E-state index contributed by atoms with van der Waals surface area (Å²) in [6.07, 6.45) is 0.672. The molecule has 4 nitrogen and oxygen atoms in total. The highest BCUT2D eigenvalue weighted by Crippen LogP contribution is 2.29. The Balaban J connectivity index is 2.68. The summed E-state index contributed by atoms with van der Waals surface area (Å²) >= 11 is 1.48. The van der Waals surface area contributed by atoms with Gasteiger partial charge in [-0.15, -0.1) is 11.8 Å². The molecule has 1 atom stereocenters. The van der Waals surface area contributed by atoms with Crippen LogP contribution in [0.15, 0.2) is 30.3 Å². The normalized spacial score (nSPS) is 12.1. The van der Waals surface area contributed by atoms with Gasteiger partial charge in [0.15, 0.2) is 0 Å². The van der Waals surface area contributed by atoms with Gasteiger partial charge in [0.05, 0.1) is 0 Å². The van der Waals surface area contributed by atoms with Crippen LogP contribution in [-0.2, 0) is 4.79 Å². The van der Waals surface area contributed by atoms with E-state index in [0.29, 0.717) is 6.42 Å². The van der Waals surface area contributed by atoms with Gasteiger partial charge in [0.2, 0.25) is 0 Å². The third kappa shape index (κ3) is 3.84. The van der Waals surface area contributed by atoms with E-state index in [1.54, 1.807) is 0 Å². The van der Waals surface area contributed by atoms with E-state index >= 15 is 0 Å². The number of benzene rings is 1. The van der Waals surface area contributed by atoms with Gasteiger partial charge in [-0.1, -0.05) is 30.3 Å². The van der Waals surface area contributed by atoms with Gasteiger partial charge in [0.1, 0.15) is 5.25 Å². The largest absolute Gasteiger partial charge is 0.396 e. The zero-order valence-corrected chi connectivity index (χ0v) is 9.74. The van der Waals surface area contributed by atoms with E-state index in [-0.39, 0.29) is 17.8 Å². The number of rotatable bonds is 6. The van der Waals surface area contributed by atoms with Gasteiger partial charge in [-0.05, 0) is 17.7 Å². The smallest absolute Gasteiger partial charge is 0.251 e. The van der Waals surface area contributed by atoms with Crippen LogP contribution < -0.4 is 11.3 Å². The molecule has 88 valence electrons. The second-order valence-corrected chi connectivity index (χ2v) is 4.46. The third-order valence-electron chi connectivity index (χ3n) is 2.07. The molecule has 1 aromatic rings. The molecule has 0 saturated heterocycles. The van der Waals surface area contributed by atoms with E-state index in [2.05, 4.69) is 5.43 Å². The highest BCUT2D eigenvalue weighted by atomic mass is 32.2. The van der Waals surface area contributed by atoms with Gasteiger partial charge in [-0.3, -0.25) is 10.2 Å². The molecule has 1 rings (SSSR count). The number of hydrogen-bond donors (Lipinski definition) is 3. The molecule has 0 spiro atoms. The van der Waals surface area contributed by atoms with Crippen molar-refractivity contribution in [3.05, 3.63) is 35.9 Å². The SMILES string of the molecule is NNC(=O)C(SCCCO)c1ccccc1. The molecule has 0 fully saturated rings. The number of carbonyl (C=O) groups excluding carboxylic acids is 1. The second-order valence-electron chi connectivity index (χ2n) is 3.25. The standard InChI is InChI=1S/C11H16N2O2S/c12-13-11(15)10(16-8-4-7-14)9-5-2-1-3-6-9/h1-3,5-6,10,14H,4,7-8,12H2,(H,13,15). The van der Waals surface area contributed by atoms with Crippen molar-refractivity contribution in [3.8, 4) is 0 Å². The Morgan fingerprint density at radius 3 is 2.69 bits per heavy atom. The van der Waals surface area contributed by atoms with Gasteiger partial charge in [0.25, 0.3) is 5.91 Å². The number of hydrogen-bond acceptors (Lipinski definition) is 4. The average molecular weight is 240 g/mol. The van der Waals surface area contributed by atoms with Crippen LogP contribution in [0.25, 0.3) is 0 Å². The molecule has 0 radical (unpaired) electrons. The molecule has 1 aromatic carbocycles. The molecule has 4 N–H and O–H groups in total. The van der Waals surface area contributed by atoms with E-state index in [9.17, 15) is 4.79 Å². The zero-order valence-electron chi connectivity index (χ0n) is 8.93. The van der Waals surface area contributed by atoms with Gasteiger partial charge >= 0.3 is 0 Å². The first-order chi connectivity index (χ1) is 7.79. The first-order valence-electron chi connectivity index (χ1n) is 5.07. The van der Waals surface area contributed by atoms with Crippen LogP contribution in [-0.4, -0.2) is 23.4 Å². The van der Waals surface area contributed by atoms with Crippen molar-refractivity contribution in [2.75, 3.05) is 12.4 Å². The van der Waals surface area contributed by atoms with Crippen LogP contribution in [0.1, 0.15) is 17.2 Å².